The Morgan fingerprint density at radius 2 is 2.33 bits per heavy atom. The predicted molar refractivity (Wildman–Crippen MR) is 85.5 cm³/mol. The number of esters is 1. The molecule has 116 valence electrons. The van der Waals surface area contributed by atoms with Gasteiger partial charge in [0.1, 0.15) is 0 Å². The van der Waals surface area contributed by atoms with Crippen LogP contribution in [0.5, 0.6) is 0 Å². The van der Waals surface area contributed by atoms with E-state index in [1.54, 1.807) is 19.1 Å². The van der Waals surface area contributed by atoms with Gasteiger partial charge in [-0.05, 0) is 57.5 Å². The second-order valence-corrected chi connectivity index (χ2v) is 5.67. The van der Waals surface area contributed by atoms with Crippen LogP contribution in [0.3, 0.4) is 0 Å². The van der Waals surface area contributed by atoms with Gasteiger partial charge < -0.3 is 20.7 Å². The molecule has 0 bridgehead atoms. The van der Waals surface area contributed by atoms with E-state index in [0.717, 1.165) is 18.8 Å². The highest BCUT2D eigenvalue weighted by Crippen LogP contribution is 2.21. The number of piperidine rings is 1. The number of nitrogens with two attached hydrogens (primary N) is 1. The first-order chi connectivity index (χ1) is 10.1. The lowest BCUT2D eigenvalue weighted by Gasteiger charge is -2.30. The predicted octanol–water partition coefficient (Wildman–Crippen LogP) is 2.20. The first kappa shape index (κ1) is 15.6. The van der Waals surface area contributed by atoms with E-state index in [-0.39, 0.29) is 5.97 Å². The van der Waals surface area contributed by atoms with Crippen LogP contribution in [-0.4, -0.2) is 44.2 Å². The van der Waals surface area contributed by atoms with E-state index < -0.39 is 0 Å². The summed E-state index contributed by atoms with van der Waals surface area (Å²) in [4.78, 5) is 14.2. The molecular formula is C16H25N3O2. The third kappa shape index (κ3) is 4.36. The highest BCUT2D eigenvalue weighted by Gasteiger charge is 2.17. The standard InChI is InChI=1S/C16H25N3O2/c1-3-21-16(20)14-9-13(6-7-15(14)17)18-10-12-5-4-8-19(2)11-12/h6-7,9,12,18H,3-5,8,10-11,17H2,1-2H3. The van der Waals surface area contributed by atoms with Gasteiger partial charge >= 0.3 is 5.97 Å². The number of nitrogen functional groups attached to an aromatic ring is 1. The number of nitrogens with zero attached hydrogens (tertiary/aromatic N) is 1. The molecule has 5 heteroatoms. The van der Waals surface area contributed by atoms with Gasteiger partial charge in [-0.15, -0.1) is 0 Å². The molecule has 1 unspecified atom stereocenters. The van der Waals surface area contributed by atoms with Gasteiger partial charge in [0.25, 0.3) is 0 Å². The van der Waals surface area contributed by atoms with Gasteiger partial charge in [-0.2, -0.15) is 0 Å². The molecule has 1 aliphatic rings. The average Bonchev–Trinajstić information content (AvgIpc) is 2.46. The molecule has 2 rings (SSSR count). The maximum atomic E-state index is 11.8. The summed E-state index contributed by atoms with van der Waals surface area (Å²) in [5.41, 5.74) is 7.65. The zero-order valence-electron chi connectivity index (χ0n) is 12.9. The highest BCUT2D eigenvalue weighted by molar-refractivity contribution is 5.96. The number of hydrogen-bond donors (Lipinski definition) is 2. The summed E-state index contributed by atoms with van der Waals surface area (Å²) in [6, 6.07) is 5.44. The molecule has 1 fully saturated rings. The van der Waals surface area contributed by atoms with Crippen LogP contribution in [0.1, 0.15) is 30.1 Å². The second kappa shape index (κ2) is 7.31. The third-order valence-electron chi connectivity index (χ3n) is 3.87. The van der Waals surface area contributed by atoms with Crippen molar-refractivity contribution >= 4 is 17.3 Å². The van der Waals surface area contributed by atoms with Crippen molar-refractivity contribution < 1.29 is 9.53 Å². The highest BCUT2D eigenvalue weighted by atomic mass is 16.5. The van der Waals surface area contributed by atoms with Crippen LogP contribution in [0.4, 0.5) is 11.4 Å². The molecule has 1 aromatic rings. The van der Waals surface area contributed by atoms with Crippen LogP contribution in [-0.2, 0) is 4.74 Å². The van der Waals surface area contributed by atoms with Crippen molar-refractivity contribution in [3.8, 4) is 0 Å². The topological polar surface area (TPSA) is 67.6 Å². The van der Waals surface area contributed by atoms with E-state index in [4.69, 9.17) is 10.5 Å². The van der Waals surface area contributed by atoms with Crippen LogP contribution in [0.2, 0.25) is 0 Å². The molecule has 1 aromatic carbocycles. The minimum absolute atomic E-state index is 0.352. The molecular weight excluding hydrogens is 266 g/mol. The lowest BCUT2D eigenvalue weighted by atomic mass is 9.98. The van der Waals surface area contributed by atoms with Gasteiger partial charge in [0.2, 0.25) is 0 Å². The monoisotopic (exact) mass is 291 g/mol. The van der Waals surface area contributed by atoms with Crippen molar-refractivity contribution in [3.63, 3.8) is 0 Å². The minimum atomic E-state index is -0.365. The summed E-state index contributed by atoms with van der Waals surface area (Å²) in [7, 11) is 2.16. The molecule has 0 aliphatic carbocycles. The molecule has 0 spiro atoms. The quantitative estimate of drug-likeness (QED) is 0.643. The van der Waals surface area contributed by atoms with Crippen molar-refractivity contribution in [1.29, 1.82) is 0 Å². The molecule has 0 aromatic heterocycles. The number of carbonyl (C=O) groups is 1. The SMILES string of the molecule is CCOC(=O)c1cc(NCC2CCCN(C)C2)ccc1N. The van der Waals surface area contributed by atoms with E-state index >= 15 is 0 Å². The Bertz CT molecular complexity index is 490. The summed E-state index contributed by atoms with van der Waals surface area (Å²) < 4.78 is 5.02. The fraction of sp³-hybridized carbons (Fsp3) is 0.562. The molecule has 1 atom stereocenters. The van der Waals surface area contributed by atoms with Crippen LogP contribution >= 0.6 is 0 Å². The van der Waals surface area contributed by atoms with Crippen LogP contribution in [0, 0.1) is 5.92 Å². The molecule has 1 aliphatic heterocycles. The molecule has 0 amide bonds. The van der Waals surface area contributed by atoms with Crippen molar-refractivity contribution in [2.24, 2.45) is 5.92 Å². The first-order valence-electron chi connectivity index (χ1n) is 7.59. The second-order valence-electron chi connectivity index (χ2n) is 5.67. The Hall–Kier alpha value is -1.75. The lowest BCUT2D eigenvalue weighted by molar-refractivity contribution is 0.0527. The zero-order chi connectivity index (χ0) is 15.2. The summed E-state index contributed by atoms with van der Waals surface area (Å²) in [5, 5.41) is 3.41. The Labute approximate surface area is 126 Å². The number of carbonyl (C=O) groups excluding carboxylic acids is 1. The van der Waals surface area contributed by atoms with Gasteiger partial charge in [-0.25, -0.2) is 4.79 Å². The summed E-state index contributed by atoms with van der Waals surface area (Å²) in [6.07, 6.45) is 2.50. The van der Waals surface area contributed by atoms with Gasteiger partial charge in [0.15, 0.2) is 0 Å². The van der Waals surface area contributed by atoms with E-state index in [0.29, 0.717) is 23.8 Å². The smallest absolute Gasteiger partial charge is 0.340 e. The Kier molecular flexibility index (Phi) is 5.44. The van der Waals surface area contributed by atoms with E-state index in [2.05, 4.69) is 17.3 Å². The summed E-state index contributed by atoms with van der Waals surface area (Å²) >= 11 is 0. The molecule has 3 N–H and O–H groups in total. The minimum Gasteiger partial charge on any atom is -0.462 e. The molecule has 1 saturated heterocycles. The maximum Gasteiger partial charge on any atom is 0.340 e. The fourth-order valence-electron chi connectivity index (χ4n) is 2.75. The Morgan fingerprint density at radius 1 is 1.52 bits per heavy atom. The van der Waals surface area contributed by atoms with Crippen LogP contribution in [0.15, 0.2) is 18.2 Å². The van der Waals surface area contributed by atoms with Gasteiger partial charge in [-0.3, -0.25) is 0 Å². The van der Waals surface area contributed by atoms with Crippen LogP contribution < -0.4 is 11.1 Å². The van der Waals surface area contributed by atoms with E-state index in [9.17, 15) is 4.79 Å². The average molecular weight is 291 g/mol. The molecule has 0 radical (unpaired) electrons. The normalized spacial score (nSPS) is 19.2. The van der Waals surface area contributed by atoms with E-state index in [1.165, 1.54) is 19.4 Å². The number of hydrogen-bond acceptors (Lipinski definition) is 5. The molecule has 21 heavy (non-hydrogen) atoms. The molecule has 1 heterocycles. The van der Waals surface area contributed by atoms with Gasteiger partial charge in [0.05, 0.1) is 12.2 Å². The fourth-order valence-corrected chi connectivity index (χ4v) is 2.75. The van der Waals surface area contributed by atoms with Crippen molar-refractivity contribution in [2.75, 3.05) is 44.3 Å². The van der Waals surface area contributed by atoms with Gasteiger partial charge in [-0.1, -0.05) is 0 Å². The van der Waals surface area contributed by atoms with Crippen molar-refractivity contribution in [3.05, 3.63) is 23.8 Å². The van der Waals surface area contributed by atoms with Crippen LogP contribution in [0.25, 0.3) is 0 Å². The summed E-state index contributed by atoms with van der Waals surface area (Å²) in [5.74, 6) is 0.281. The third-order valence-corrected chi connectivity index (χ3v) is 3.87. The number of ether oxygens (including phenoxy) is 1. The Morgan fingerprint density at radius 3 is 3.05 bits per heavy atom. The van der Waals surface area contributed by atoms with Crippen molar-refractivity contribution in [2.45, 2.75) is 19.8 Å². The lowest BCUT2D eigenvalue weighted by Crippen LogP contribution is -2.35. The van der Waals surface area contributed by atoms with Gasteiger partial charge in [0, 0.05) is 24.5 Å². The number of anilines is 2. The number of rotatable bonds is 5. The number of benzene rings is 1. The molecule has 5 nitrogen and oxygen atoms in total. The number of nitrogens with one attached hydrogen (secondary N) is 1. The largest absolute Gasteiger partial charge is 0.462 e. The van der Waals surface area contributed by atoms with Crippen molar-refractivity contribution in [1.82, 2.24) is 4.90 Å². The van der Waals surface area contributed by atoms with E-state index in [1.807, 2.05) is 6.07 Å². The zero-order valence-corrected chi connectivity index (χ0v) is 12.9. The maximum absolute atomic E-state index is 11.8. The Balaban J connectivity index is 1.97. The first-order valence-corrected chi connectivity index (χ1v) is 7.59. The number of likely N-dealkylation sites (tertiary alicyclic amines) is 1. The molecule has 0 saturated carbocycles. The summed E-state index contributed by atoms with van der Waals surface area (Å²) in [6.45, 7) is 5.36.